The molecule has 3 nitrogen and oxygen atoms in total. The van der Waals surface area contributed by atoms with Crippen molar-refractivity contribution in [3.05, 3.63) is 19.9 Å². The normalized spacial score (nSPS) is 17.4. The minimum Gasteiger partial charge on any atom is -0.339 e. The Bertz CT molecular complexity index is 386. The van der Waals surface area contributed by atoms with Crippen LogP contribution in [0.5, 0.6) is 0 Å². The molecule has 1 fully saturated rings. The van der Waals surface area contributed by atoms with Crippen molar-refractivity contribution < 1.29 is 4.79 Å². The third-order valence-electron chi connectivity index (χ3n) is 3.29. The van der Waals surface area contributed by atoms with Crippen molar-refractivity contribution in [3.8, 4) is 0 Å². The van der Waals surface area contributed by atoms with Gasteiger partial charge in [-0.15, -0.1) is 11.3 Å². The van der Waals surface area contributed by atoms with Gasteiger partial charge in [-0.3, -0.25) is 4.79 Å². The Morgan fingerprint density at radius 1 is 1.53 bits per heavy atom. The number of halogens is 1. The number of amides is 1. The van der Waals surface area contributed by atoms with Crippen molar-refractivity contribution in [2.24, 2.45) is 11.7 Å². The van der Waals surface area contributed by atoms with Crippen molar-refractivity contribution in [1.29, 1.82) is 0 Å². The average molecular weight is 364 g/mol. The van der Waals surface area contributed by atoms with Crippen molar-refractivity contribution in [2.75, 3.05) is 19.6 Å². The van der Waals surface area contributed by atoms with Crippen molar-refractivity contribution >= 4 is 39.8 Å². The molecule has 1 aliphatic rings. The minimum absolute atomic E-state index is 0.190. The lowest BCUT2D eigenvalue weighted by molar-refractivity contribution is 0.0688. The molecule has 0 spiro atoms. The van der Waals surface area contributed by atoms with Crippen molar-refractivity contribution in [2.45, 2.75) is 19.3 Å². The van der Waals surface area contributed by atoms with Crippen LogP contribution in [0.15, 0.2) is 11.4 Å². The smallest absolute Gasteiger partial charge is 0.254 e. The van der Waals surface area contributed by atoms with Crippen LogP contribution in [0.25, 0.3) is 0 Å². The van der Waals surface area contributed by atoms with Gasteiger partial charge < -0.3 is 10.6 Å². The molecule has 1 aromatic rings. The van der Waals surface area contributed by atoms with Crippen LogP contribution < -0.4 is 5.73 Å². The fraction of sp³-hybridized carbons (Fsp3) is 0.583. The molecule has 94 valence electrons. The Labute approximate surface area is 120 Å². The van der Waals surface area contributed by atoms with Gasteiger partial charge in [0.15, 0.2) is 0 Å². The van der Waals surface area contributed by atoms with Gasteiger partial charge in [0.2, 0.25) is 0 Å². The van der Waals surface area contributed by atoms with E-state index in [0.29, 0.717) is 5.92 Å². The fourth-order valence-corrected chi connectivity index (χ4v) is 3.59. The van der Waals surface area contributed by atoms with Gasteiger partial charge in [-0.05, 0) is 60.4 Å². The molecule has 2 N–H and O–H groups in total. The lowest BCUT2D eigenvalue weighted by atomic mass is 9.93. The minimum atomic E-state index is 0.190. The third-order valence-corrected chi connectivity index (χ3v) is 5.08. The second-order valence-electron chi connectivity index (χ2n) is 4.45. The Balaban J connectivity index is 1.90. The Hall–Kier alpha value is -0.140. The van der Waals surface area contributed by atoms with Gasteiger partial charge in [-0.25, -0.2) is 0 Å². The molecule has 17 heavy (non-hydrogen) atoms. The SMILES string of the molecule is NCCC1CCN(C(=O)c2csc(I)c2)CC1. The van der Waals surface area contributed by atoms with Gasteiger partial charge in [0.05, 0.1) is 8.45 Å². The molecule has 2 rings (SSSR count). The van der Waals surface area contributed by atoms with Gasteiger partial charge in [-0.2, -0.15) is 0 Å². The number of nitrogens with two attached hydrogens (primary N) is 1. The Kier molecular flexibility index (Phi) is 4.81. The highest BCUT2D eigenvalue weighted by Crippen LogP contribution is 2.23. The molecule has 0 atom stereocenters. The molecule has 2 heterocycles. The maximum atomic E-state index is 12.2. The van der Waals surface area contributed by atoms with E-state index in [4.69, 9.17) is 5.73 Å². The summed E-state index contributed by atoms with van der Waals surface area (Å²) >= 11 is 3.88. The van der Waals surface area contributed by atoms with E-state index >= 15 is 0 Å². The number of hydrogen-bond donors (Lipinski definition) is 1. The van der Waals surface area contributed by atoms with Crippen LogP contribution in [-0.2, 0) is 0 Å². The molecule has 1 aliphatic heterocycles. The summed E-state index contributed by atoms with van der Waals surface area (Å²) in [6, 6.07) is 1.97. The van der Waals surface area contributed by atoms with Gasteiger partial charge in [0, 0.05) is 18.5 Å². The van der Waals surface area contributed by atoms with Crippen LogP contribution in [0.3, 0.4) is 0 Å². The van der Waals surface area contributed by atoms with Crippen LogP contribution in [0, 0.1) is 8.80 Å². The van der Waals surface area contributed by atoms with E-state index in [-0.39, 0.29) is 5.91 Å². The van der Waals surface area contributed by atoms with E-state index in [1.165, 1.54) is 2.88 Å². The Morgan fingerprint density at radius 2 is 2.24 bits per heavy atom. The van der Waals surface area contributed by atoms with E-state index < -0.39 is 0 Å². The zero-order valence-corrected chi connectivity index (χ0v) is 12.7. The molecule has 0 bridgehead atoms. The Morgan fingerprint density at radius 3 is 2.76 bits per heavy atom. The first-order chi connectivity index (χ1) is 8.20. The topological polar surface area (TPSA) is 46.3 Å². The van der Waals surface area contributed by atoms with Crippen molar-refractivity contribution in [1.82, 2.24) is 4.90 Å². The summed E-state index contributed by atoms with van der Waals surface area (Å²) in [5, 5.41) is 1.95. The first-order valence-corrected chi connectivity index (χ1v) is 7.90. The highest BCUT2D eigenvalue weighted by molar-refractivity contribution is 14.1. The summed E-state index contributed by atoms with van der Waals surface area (Å²) < 4.78 is 1.17. The molecular weight excluding hydrogens is 347 g/mol. The summed E-state index contributed by atoms with van der Waals surface area (Å²) in [5.41, 5.74) is 6.41. The zero-order valence-electron chi connectivity index (χ0n) is 9.69. The number of carbonyl (C=O) groups is 1. The molecule has 0 radical (unpaired) electrons. The summed E-state index contributed by atoms with van der Waals surface area (Å²) in [5.74, 6) is 0.905. The van der Waals surface area contributed by atoms with E-state index in [0.717, 1.165) is 44.5 Å². The summed E-state index contributed by atoms with van der Waals surface area (Å²) in [4.78, 5) is 14.2. The molecule has 1 amide bonds. The molecule has 0 saturated carbocycles. The second kappa shape index (κ2) is 6.15. The predicted octanol–water partition coefficient (Wildman–Crippen LogP) is 2.55. The molecule has 0 aromatic carbocycles. The van der Waals surface area contributed by atoms with E-state index in [2.05, 4.69) is 22.6 Å². The zero-order chi connectivity index (χ0) is 12.3. The first kappa shape index (κ1) is 13.3. The van der Waals surface area contributed by atoms with Gasteiger partial charge in [-0.1, -0.05) is 0 Å². The van der Waals surface area contributed by atoms with Crippen LogP contribution >= 0.6 is 33.9 Å². The molecule has 0 unspecified atom stereocenters. The third kappa shape index (κ3) is 3.42. The van der Waals surface area contributed by atoms with Crippen molar-refractivity contribution in [3.63, 3.8) is 0 Å². The number of thiophene rings is 1. The quantitative estimate of drug-likeness (QED) is 0.838. The van der Waals surface area contributed by atoms with Crippen LogP contribution in [0.4, 0.5) is 0 Å². The average Bonchev–Trinajstić information content (AvgIpc) is 2.76. The monoisotopic (exact) mass is 364 g/mol. The fourth-order valence-electron chi connectivity index (χ4n) is 2.27. The number of rotatable bonds is 3. The highest BCUT2D eigenvalue weighted by atomic mass is 127. The predicted molar refractivity (Wildman–Crippen MR) is 79.3 cm³/mol. The number of hydrogen-bond acceptors (Lipinski definition) is 3. The molecule has 0 aliphatic carbocycles. The second-order valence-corrected chi connectivity index (χ2v) is 7.26. The summed E-state index contributed by atoms with van der Waals surface area (Å²) in [7, 11) is 0. The lowest BCUT2D eigenvalue weighted by Crippen LogP contribution is -2.38. The maximum absolute atomic E-state index is 12.2. The molecule has 1 saturated heterocycles. The molecule has 5 heteroatoms. The number of likely N-dealkylation sites (tertiary alicyclic amines) is 1. The van der Waals surface area contributed by atoms with E-state index in [9.17, 15) is 4.79 Å². The maximum Gasteiger partial charge on any atom is 0.254 e. The molecular formula is C12H17IN2OS. The van der Waals surface area contributed by atoms with Gasteiger partial charge in [0.25, 0.3) is 5.91 Å². The molecule has 1 aromatic heterocycles. The van der Waals surface area contributed by atoms with Crippen LogP contribution in [0.1, 0.15) is 29.6 Å². The van der Waals surface area contributed by atoms with Crippen LogP contribution in [-0.4, -0.2) is 30.4 Å². The van der Waals surface area contributed by atoms with E-state index in [1.54, 1.807) is 11.3 Å². The lowest BCUT2D eigenvalue weighted by Gasteiger charge is -2.31. The van der Waals surface area contributed by atoms with Gasteiger partial charge in [0.1, 0.15) is 0 Å². The summed E-state index contributed by atoms with van der Waals surface area (Å²) in [6.45, 7) is 2.53. The number of piperidine rings is 1. The number of nitrogens with zero attached hydrogens (tertiary/aromatic N) is 1. The van der Waals surface area contributed by atoms with Crippen LogP contribution in [0.2, 0.25) is 0 Å². The standard InChI is InChI=1S/C12H17IN2OS/c13-11-7-10(8-17-11)12(16)15-5-2-9(1-4-14)3-6-15/h7-9H,1-6,14H2. The van der Waals surface area contributed by atoms with E-state index in [1.807, 2.05) is 16.3 Å². The largest absolute Gasteiger partial charge is 0.339 e. The van der Waals surface area contributed by atoms with Gasteiger partial charge >= 0.3 is 0 Å². The number of carbonyl (C=O) groups excluding carboxylic acids is 1. The highest BCUT2D eigenvalue weighted by Gasteiger charge is 2.23. The summed E-state index contributed by atoms with van der Waals surface area (Å²) in [6.07, 6.45) is 3.30. The first-order valence-electron chi connectivity index (χ1n) is 5.94.